The van der Waals surface area contributed by atoms with E-state index < -0.39 is 11.5 Å². The zero-order chi connectivity index (χ0) is 25.3. The Morgan fingerprint density at radius 1 is 1.29 bits per heavy atom. The van der Waals surface area contributed by atoms with Gasteiger partial charge in [0.15, 0.2) is 5.01 Å². The van der Waals surface area contributed by atoms with Gasteiger partial charge in [0.05, 0.1) is 10.5 Å². The molecule has 3 rings (SSSR count). The molecule has 2 aromatic heterocycles. The van der Waals surface area contributed by atoms with Crippen LogP contribution in [0.25, 0.3) is 10.4 Å². The normalized spacial score (nSPS) is 16.6. The number of rotatable bonds is 8. The van der Waals surface area contributed by atoms with Crippen LogP contribution >= 0.6 is 11.3 Å². The number of nitrogens with one attached hydrogen (secondary N) is 2. The van der Waals surface area contributed by atoms with E-state index in [0.717, 1.165) is 36.2 Å². The molecule has 34 heavy (non-hydrogen) atoms. The van der Waals surface area contributed by atoms with Gasteiger partial charge in [0.1, 0.15) is 11.5 Å². The summed E-state index contributed by atoms with van der Waals surface area (Å²) in [5.74, 6) is 0.198. The van der Waals surface area contributed by atoms with Gasteiger partial charge in [-0.15, -0.1) is 11.3 Å². The lowest BCUT2D eigenvalue weighted by Crippen LogP contribution is -2.38. The van der Waals surface area contributed by atoms with Crippen LogP contribution in [0.4, 0.5) is 5.82 Å². The van der Waals surface area contributed by atoms with Crippen LogP contribution in [-0.2, 0) is 0 Å². The summed E-state index contributed by atoms with van der Waals surface area (Å²) in [6.07, 6.45) is 4.61. The van der Waals surface area contributed by atoms with E-state index in [1.54, 1.807) is 20.0 Å². The standard InChI is InChI=1S/C25H37N5O3S/c1-8-24(4,5)29-18-12-15(2)17(13-26-18)20-19(23(32)30-11-9-10-16(30)3)28-22(34-20)21(31)27-14-25(6,7)33/h12-13,16,33H,8-11,14H2,1-7H3,(H,26,29)(H,27,31)/t16-/m0/s1. The third kappa shape index (κ3) is 6.13. The Labute approximate surface area is 206 Å². The lowest BCUT2D eigenvalue weighted by atomic mass is 10.0. The highest BCUT2D eigenvalue weighted by molar-refractivity contribution is 7.17. The van der Waals surface area contributed by atoms with Crippen molar-refractivity contribution in [3.8, 4) is 10.4 Å². The SMILES string of the molecule is CCC(C)(C)Nc1cc(C)c(-c2sc(C(=O)NCC(C)(C)O)nc2C(=O)N2CCC[C@@H]2C)cn1. The molecule has 0 radical (unpaired) electrons. The second-order valence-electron chi connectivity index (χ2n) is 10.4. The fourth-order valence-corrected chi connectivity index (χ4v) is 4.83. The largest absolute Gasteiger partial charge is 0.389 e. The number of anilines is 1. The average Bonchev–Trinajstić information content (AvgIpc) is 3.37. The van der Waals surface area contributed by atoms with Gasteiger partial charge in [0, 0.05) is 36.4 Å². The van der Waals surface area contributed by atoms with Gasteiger partial charge in [0.25, 0.3) is 11.8 Å². The van der Waals surface area contributed by atoms with Crippen LogP contribution < -0.4 is 10.6 Å². The molecule has 0 saturated carbocycles. The van der Waals surface area contributed by atoms with Gasteiger partial charge >= 0.3 is 0 Å². The van der Waals surface area contributed by atoms with E-state index in [4.69, 9.17) is 0 Å². The summed E-state index contributed by atoms with van der Waals surface area (Å²) < 4.78 is 0. The van der Waals surface area contributed by atoms with Crippen LogP contribution in [0.15, 0.2) is 12.3 Å². The second-order valence-corrected chi connectivity index (χ2v) is 11.4. The number of amides is 2. The molecule has 0 bridgehead atoms. The first kappa shape index (κ1) is 26.1. The summed E-state index contributed by atoms with van der Waals surface area (Å²) in [6, 6.07) is 2.10. The number of thiazole rings is 1. The van der Waals surface area contributed by atoms with Gasteiger partial charge in [0.2, 0.25) is 0 Å². The van der Waals surface area contributed by atoms with Gasteiger partial charge in [-0.3, -0.25) is 9.59 Å². The highest BCUT2D eigenvalue weighted by atomic mass is 32.1. The minimum Gasteiger partial charge on any atom is -0.389 e. The summed E-state index contributed by atoms with van der Waals surface area (Å²) in [5.41, 5.74) is 0.875. The first-order chi connectivity index (χ1) is 15.8. The highest BCUT2D eigenvalue weighted by Gasteiger charge is 2.32. The summed E-state index contributed by atoms with van der Waals surface area (Å²) >= 11 is 1.18. The molecular formula is C25H37N5O3S. The highest BCUT2D eigenvalue weighted by Crippen LogP contribution is 2.35. The first-order valence-corrected chi connectivity index (χ1v) is 12.7. The predicted molar refractivity (Wildman–Crippen MR) is 136 cm³/mol. The molecule has 0 aromatic carbocycles. The number of carbonyl (C=O) groups is 2. The number of nitrogens with zero attached hydrogens (tertiary/aromatic N) is 3. The van der Waals surface area contributed by atoms with Crippen molar-refractivity contribution in [3.63, 3.8) is 0 Å². The van der Waals surface area contributed by atoms with E-state index in [0.29, 0.717) is 11.4 Å². The molecule has 2 aromatic rings. The molecule has 1 aliphatic heterocycles. The second kappa shape index (κ2) is 10.00. The molecule has 8 nitrogen and oxygen atoms in total. The minimum absolute atomic E-state index is 0.0847. The van der Waals surface area contributed by atoms with Gasteiger partial charge in [-0.2, -0.15) is 0 Å². The topological polar surface area (TPSA) is 107 Å². The lowest BCUT2D eigenvalue weighted by molar-refractivity contribution is 0.0692. The Balaban J connectivity index is 2.00. The molecule has 0 aliphatic carbocycles. The zero-order valence-electron chi connectivity index (χ0n) is 21.3. The maximum atomic E-state index is 13.5. The Hall–Kier alpha value is -2.52. The average molecular weight is 488 g/mol. The number of aromatic nitrogens is 2. The van der Waals surface area contributed by atoms with Crippen molar-refractivity contribution in [1.29, 1.82) is 0 Å². The van der Waals surface area contributed by atoms with Crippen LogP contribution in [0.1, 0.15) is 86.7 Å². The Bertz CT molecular complexity index is 1060. The first-order valence-electron chi connectivity index (χ1n) is 11.9. The van der Waals surface area contributed by atoms with Crippen LogP contribution in [0.3, 0.4) is 0 Å². The molecule has 9 heteroatoms. The molecule has 0 unspecified atom stereocenters. The van der Waals surface area contributed by atoms with E-state index >= 15 is 0 Å². The smallest absolute Gasteiger partial charge is 0.280 e. The van der Waals surface area contributed by atoms with Crippen molar-refractivity contribution in [1.82, 2.24) is 20.2 Å². The molecule has 1 atom stereocenters. The molecule has 1 saturated heterocycles. The predicted octanol–water partition coefficient (Wildman–Crippen LogP) is 4.24. The van der Waals surface area contributed by atoms with Crippen molar-refractivity contribution < 1.29 is 14.7 Å². The Morgan fingerprint density at radius 3 is 2.56 bits per heavy atom. The molecule has 1 aliphatic rings. The maximum Gasteiger partial charge on any atom is 0.280 e. The lowest BCUT2D eigenvalue weighted by Gasteiger charge is -2.25. The molecular weight excluding hydrogens is 450 g/mol. The molecule has 3 N–H and O–H groups in total. The monoisotopic (exact) mass is 487 g/mol. The van der Waals surface area contributed by atoms with Crippen LogP contribution in [0.2, 0.25) is 0 Å². The van der Waals surface area contributed by atoms with Crippen molar-refractivity contribution in [2.45, 2.75) is 84.9 Å². The summed E-state index contributed by atoms with van der Waals surface area (Å²) in [4.78, 5) is 37.8. The van der Waals surface area contributed by atoms with Crippen molar-refractivity contribution >= 4 is 29.0 Å². The van der Waals surface area contributed by atoms with Crippen LogP contribution in [0.5, 0.6) is 0 Å². The Kier molecular flexibility index (Phi) is 7.67. The molecule has 1 fully saturated rings. The minimum atomic E-state index is -1.05. The maximum absolute atomic E-state index is 13.5. The van der Waals surface area contributed by atoms with Crippen LogP contribution in [0, 0.1) is 6.92 Å². The van der Waals surface area contributed by atoms with Crippen molar-refractivity contribution in [3.05, 3.63) is 28.5 Å². The van der Waals surface area contributed by atoms with Crippen LogP contribution in [-0.4, -0.2) is 62.1 Å². The number of hydrogen-bond acceptors (Lipinski definition) is 7. The van der Waals surface area contributed by atoms with E-state index in [1.165, 1.54) is 11.3 Å². The number of carbonyl (C=O) groups excluding carboxylic acids is 2. The fraction of sp³-hybridized carbons (Fsp3) is 0.600. The third-order valence-corrected chi connectivity index (χ3v) is 7.31. The third-order valence-electron chi connectivity index (χ3n) is 6.23. The van der Waals surface area contributed by atoms with Gasteiger partial charge < -0.3 is 20.6 Å². The molecule has 3 heterocycles. The molecule has 2 amide bonds. The van der Waals surface area contributed by atoms with Crippen molar-refractivity contribution in [2.24, 2.45) is 0 Å². The van der Waals surface area contributed by atoms with E-state index in [-0.39, 0.29) is 34.7 Å². The summed E-state index contributed by atoms with van der Waals surface area (Å²) in [6.45, 7) is 14.4. The van der Waals surface area contributed by atoms with Gasteiger partial charge in [-0.05, 0) is 72.4 Å². The number of likely N-dealkylation sites (tertiary alicyclic amines) is 1. The molecule has 186 valence electrons. The number of pyridine rings is 1. The quantitative estimate of drug-likeness (QED) is 0.514. The Morgan fingerprint density at radius 2 is 2.00 bits per heavy atom. The zero-order valence-corrected chi connectivity index (χ0v) is 22.1. The number of aryl methyl sites for hydroxylation is 1. The van der Waals surface area contributed by atoms with E-state index in [1.807, 2.05) is 24.8 Å². The fourth-order valence-electron chi connectivity index (χ4n) is 3.79. The number of aliphatic hydroxyl groups is 1. The van der Waals surface area contributed by atoms with E-state index in [2.05, 4.69) is 41.4 Å². The number of hydrogen-bond donors (Lipinski definition) is 3. The molecule has 0 spiro atoms. The summed E-state index contributed by atoms with van der Waals surface area (Å²) in [7, 11) is 0. The van der Waals surface area contributed by atoms with Gasteiger partial charge in [-0.1, -0.05) is 6.92 Å². The van der Waals surface area contributed by atoms with E-state index in [9.17, 15) is 14.7 Å². The summed E-state index contributed by atoms with van der Waals surface area (Å²) in [5, 5.41) is 16.3. The van der Waals surface area contributed by atoms with Crippen molar-refractivity contribution in [2.75, 3.05) is 18.4 Å². The van der Waals surface area contributed by atoms with Gasteiger partial charge in [-0.25, -0.2) is 9.97 Å².